The van der Waals surface area contributed by atoms with Crippen LogP contribution in [0.3, 0.4) is 0 Å². The third-order valence-corrected chi connectivity index (χ3v) is 6.53. The van der Waals surface area contributed by atoms with Gasteiger partial charge in [-0.3, -0.25) is 0 Å². The summed E-state index contributed by atoms with van der Waals surface area (Å²) in [5, 5.41) is 19.9. The van der Waals surface area contributed by atoms with E-state index in [1.807, 2.05) is 29.8 Å². The summed E-state index contributed by atoms with van der Waals surface area (Å²) in [5.74, 6) is 6.11. The fourth-order valence-corrected chi connectivity index (χ4v) is 5.69. The van der Waals surface area contributed by atoms with Crippen molar-refractivity contribution in [2.24, 2.45) is 16.7 Å². The molecule has 168 valence electrons. The average molecular weight is 451 g/mol. The minimum absolute atomic E-state index is 0.0672. The lowest BCUT2D eigenvalue weighted by molar-refractivity contribution is 0.170. The number of nitrogens with zero attached hydrogens (tertiary/aromatic N) is 4. The van der Waals surface area contributed by atoms with Crippen LogP contribution in [0.1, 0.15) is 46.1 Å². The molecule has 1 fully saturated rings. The van der Waals surface area contributed by atoms with E-state index in [4.69, 9.17) is 11.6 Å². The van der Waals surface area contributed by atoms with Crippen molar-refractivity contribution in [3.05, 3.63) is 41.5 Å². The van der Waals surface area contributed by atoms with Gasteiger partial charge in [-0.2, -0.15) is 5.10 Å². The minimum atomic E-state index is 0.0672. The van der Waals surface area contributed by atoms with Crippen LogP contribution in [0.2, 0.25) is 0 Å². The lowest BCUT2D eigenvalue weighted by atomic mass is 9.79. The molecule has 0 amide bonds. The van der Waals surface area contributed by atoms with Gasteiger partial charge in [0.1, 0.15) is 5.82 Å². The number of allylic oxidation sites excluding steroid dienone is 1. The standard InChI is InChI=1S/C23H30N8S/c1-22(2)9-15(10-23(3,4)31-22)28-19-8-7-18(29-30-19)17-6-5-16(14(11-24)12-27-25)20-21(17)32-13-26-20/h5-8,11-13,15,31H,9-10,24-25H2,1-4H3,(H,28,30)/b14-11+,27-12+. The molecule has 0 saturated carbocycles. The molecular formula is C23H30N8S. The first-order chi connectivity index (χ1) is 15.2. The zero-order valence-electron chi connectivity index (χ0n) is 18.9. The maximum atomic E-state index is 5.76. The SMILES string of the molecule is CC1(C)CC(Nc2ccc(-c3ccc(C(=C/N)/C=N/N)c4ncsc34)nn2)CC(C)(C)N1. The zero-order chi connectivity index (χ0) is 22.9. The quantitative estimate of drug-likeness (QED) is 0.265. The maximum absolute atomic E-state index is 5.76. The van der Waals surface area contributed by atoms with Gasteiger partial charge in [0.05, 0.1) is 27.6 Å². The lowest BCUT2D eigenvalue weighted by Crippen LogP contribution is -2.60. The first kappa shape index (κ1) is 22.2. The van der Waals surface area contributed by atoms with Crippen LogP contribution in [-0.4, -0.2) is 38.5 Å². The number of rotatable bonds is 5. The predicted octanol–water partition coefficient (Wildman–Crippen LogP) is 3.72. The maximum Gasteiger partial charge on any atom is 0.148 e. The van der Waals surface area contributed by atoms with E-state index in [0.29, 0.717) is 11.6 Å². The van der Waals surface area contributed by atoms with Crippen LogP contribution in [0.5, 0.6) is 0 Å². The van der Waals surface area contributed by atoms with Crippen molar-refractivity contribution in [2.45, 2.75) is 57.7 Å². The molecule has 0 unspecified atom stereocenters. The topological polar surface area (TPSA) is 127 Å². The number of benzene rings is 1. The van der Waals surface area contributed by atoms with Gasteiger partial charge in [-0.25, -0.2) is 4.98 Å². The second-order valence-electron chi connectivity index (χ2n) is 9.54. The van der Waals surface area contributed by atoms with E-state index in [0.717, 1.165) is 45.7 Å². The highest BCUT2D eigenvalue weighted by molar-refractivity contribution is 7.17. The number of aromatic nitrogens is 3. The van der Waals surface area contributed by atoms with E-state index in [1.165, 1.54) is 12.4 Å². The van der Waals surface area contributed by atoms with Gasteiger partial charge in [0.25, 0.3) is 0 Å². The van der Waals surface area contributed by atoms with Crippen LogP contribution < -0.4 is 22.2 Å². The lowest BCUT2D eigenvalue weighted by Gasteiger charge is -2.46. The van der Waals surface area contributed by atoms with Gasteiger partial charge < -0.3 is 22.2 Å². The molecule has 0 bridgehead atoms. The summed E-state index contributed by atoms with van der Waals surface area (Å²) in [6.45, 7) is 8.97. The Bertz CT molecular complexity index is 1140. The van der Waals surface area contributed by atoms with Gasteiger partial charge in [-0.1, -0.05) is 12.1 Å². The van der Waals surface area contributed by atoms with Crippen molar-refractivity contribution < 1.29 is 0 Å². The molecule has 3 heterocycles. The van der Waals surface area contributed by atoms with Crippen LogP contribution >= 0.6 is 11.3 Å². The highest BCUT2D eigenvalue weighted by Gasteiger charge is 2.37. The van der Waals surface area contributed by atoms with Crippen LogP contribution in [0, 0.1) is 0 Å². The van der Waals surface area contributed by atoms with Gasteiger partial charge in [-0.05, 0) is 52.7 Å². The van der Waals surface area contributed by atoms with Crippen LogP contribution in [-0.2, 0) is 0 Å². The summed E-state index contributed by atoms with van der Waals surface area (Å²) in [4.78, 5) is 4.53. The molecule has 0 aliphatic carbocycles. The Morgan fingerprint density at radius 1 is 1.16 bits per heavy atom. The number of thiazole rings is 1. The number of nitrogens with two attached hydrogens (primary N) is 2. The van der Waals surface area contributed by atoms with E-state index in [1.54, 1.807) is 11.3 Å². The highest BCUT2D eigenvalue weighted by Crippen LogP contribution is 2.35. The Morgan fingerprint density at radius 3 is 2.53 bits per heavy atom. The van der Waals surface area contributed by atoms with E-state index in [2.05, 4.69) is 58.6 Å². The van der Waals surface area contributed by atoms with Crippen molar-refractivity contribution >= 4 is 39.2 Å². The summed E-state index contributed by atoms with van der Waals surface area (Å²) >= 11 is 1.56. The molecule has 1 saturated heterocycles. The Labute approximate surface area is 192 Å². The summed E-state index contributed by atoms with van der Waals surface area (Å²) in [6.07, 6.45) is 5.04. The number of fused-ring (bicyclic) bond motifs is 1. The monoisotopic (exact) mass is 450 g/mol. The van der Waals surface area contributed by atoms with Crippen molar-refractivity contribution in [3.63, 3.8) is 0 Å². The molecule has 1 aliphatic rings. The van der Waals surface area contributed by atoms with Gasteiger partial charge in [0, 0.05) is 40.0 Å². The van der Waals surface area contributed by atoms with E-state index >= 15 is 0 Å². The fraction of sp³-hybridized carbons (Fsp3) is 0.391. The second-order valence-corrected chi connectivity index (χ2v) is 10.4. The van der Waals surface area contributed by atoms with Crippen LogP contribution in [0.25, 0.3) is 27.0 Å². The third kappa shape index (κ3) is 4.58. The molecule has 32 heavy (non-hydrogen) atoms. The van der Waals surface area contributed by atoms with Crippen molar-refractivity contribution in [2.75, 3.05) is 5.32 Å². The Morgan fingerprint density at radius 2 is 1.91 bits per heavy atom. The first-order valence-electron chi connectivity index (χ1n) is 10.6. The van der Waals surface area contributed by atoms with E-state index < -0.39 is 0 Å². The Hall–Kier alpha value is -3.04. The number of anilines is 1. The molecule has 9 heteroatoms. The van der Waals surface area contributed by atoms with Crippen molar-refractivity contribution in [3.8, 4) is 11.3 Å². The molecule has 8 nitrogen and oxygen atoms in total. The molecule has 1 aliphatic heterocycles. The van der Waals surface area contributed by atoms with Gasteiger partial charge >= 0.3 is 0 Å². The number of piperidine rings is 1. The first-order valence-corrected chi connectivity index (χ1v) is 11.5. The molecule has 1 aromatic carbocycles. The molecular weight excluding hydrogens is 420 g/mol. The van der Waals surface area contributed by atoms with Crippen LogP contribution in [0.4, 0.5) is 5.82 Å². The minimum Gasteiger partial charge on any atom is -0.404 e. The van der Waals surface area contributed by atoms with Crippen LogP contribution in [0.15, 0.2) is 41.1 Å². The number of nitrogens with one attached hydrogen (secondary N) is 2. The molecule has 6 N–H and O–H groups in total. The van der Waals surface area contributed by atoms with E-state index in [-0.39, 0.29) is 11.1 Å². The van der Waals surface area contributed by atoms with E-state index in [9.17, 15) is 0 Å². The zero-order valence-corrected chi connectivity index (χ0v) is 19.7. The fourth-order valence-electron chi connectivity index (χ4n) is 4.85. The van der Waals surface area contributed by atoms with Gasteiger partial charge in [-0.15, -0.1) is 21.5 Å². The number of hydrogen-bond donors (Lipinski definition) is 4. The number of hydrogen-bond acceptors (Lipinski definition) is 9. The molecule has 4 rings (SSSR count). The largest absolute Gasteiger partial charge is 0.404 e. The van der Waals surface area contributed by atoms with Crippen molar-refractivity contribution in [1.29, 1.82) is 0 Å². The summed E-state index contributed by atoms with van der Waals surface area (Å²) < 4.78 is 1.02. The molecule has 0 atom stereocenters. The van der Waals surface area contributed by atoms with Gasteiger partial charge in [0.15, 0.2) is 0 Å². The Kier molecular flexibility index (Phi) is 5.87. The molecule has 2 aromatic heterocycles. The highest BCUT2D eigenvalue weighted by atomic mass is 32.1. The third-order valence-electron chi connectivity index (χ3n) is 5.67. The normalized spacial score (nSPS) is 18.9. The molecule has 3 aromatic rings. The summed E-state index contributed by atoms with van der Waals surface area (Å²) in [6, 6.07) is 8.31. The van der Waals surface area contributed by atoms with Gasteiger partial charge in [0.2, 0.25) is 0 Å². The summed E-state index contributed by atoms with van der Waals surface area (Å²) in [7, 11) is 0. The molecule has 0 radical (unpaired) electrons. The predicted molar refractivity (Wildman–Crippen MR) is 133 cm³/mol. The van der Waals surface area contributed by atoms with Crippen molar-refractivity contribution in [1.82, 2.24) is 20.5 Å². The Balaban J connectivity index is 1.59. The smallest absolute Gasteiger partial charge is 0.148 e. The summed E-state index contributed by atoms with van der Waals surface area (Å²) in [5.41, 5.74) is 11.9. The number of hydrazone groups is 1. The average Bonchev–Trinajstić information content (AvgIpc) is 3.20. The molecule has 0 spiro atoms. The second kappa shape index (κ2) is 8.48.